The summed E-state index contributed by atoms with van der Waals surface area (Å²) in [7, 11) is 0. The maximum Gasteiger partial charge on any atom is 0.263 e. The van der Waals surface area contributed by atoms with E-state index in [2.05, 4.69) is 25.5 Å². The van der Waals surface area contributed by atoms with E-state index in [0.717, 1.165) is 16.8 Å². The van der Waals surface area contributed by atoms with Crippen LogP contribution in [-0.4, -0.2) is 35.4 Å². The highest BCUT2D eigenvalue weighted by Crippen LogP contribution is 2.18. The highest BCUT2D eigenvalue weighted by Gasteiger charge is 2.17. The summed E-state index contributed by atoms with van der Waals surface area (Å²) in [6.45, 7) is 3.80. The fraction of sp³-hybridized carbons (Fsp3) is 0.125. The number of aromatic amines is 1. The van der Waals surface area contributed by atoms with Gasteiger partial charge in [0.2, 0.25) is 11.9 Å². The Morgan fingerprint density at radius 3 is 2.55 bits per heavy atom. The van der Waals surface area contributed by atoms with Crippen molar-refractivity contribution < 1.29 is 4.79 Å². The van der Waals surface area contributed by atoms with Gasteiger partial charge in [0.15, 0.2) is 5.65 Å². The van der Waals surface area contributed by atoms with Crippen molar-refractivity contribution >= 4 is 22.8 Å². The quantitative estimate of drug-likeness (QED) is 0.437. The van der Waals surface area contributed by atoms with Crippen molar-refractivity contribution in [2.75, 3.05) is 5.32 Å². The van der Waals surface area contributed by atoms with Crippen molar-refractivity contribution in [2.45, 2.75) is 20.3 Å². The number of rotatable bonds is 5. The molecule has 2 aromatic carbocycles. The molecule has 0 aliphatic carbocycles. The van der Waals surface area contributed by atoms with Gasteiger partial charge in [-0.3, -0.25) is 14.6 Å². The molecule has 3 aromatic heterocycles. The van der Waals surface area contributed by atoms with Gasteiger partial charge in [0, 0.05) is 6.07 Å². The average molecular weight is 439 g/mol. The molecular formula is C24H21N7O2. The van der Waals surface area contributed by atoms with Crippen LogP contribution >= 0.6 is 0 Å². The Morgan fingerprint density at radius 2 is 1.79 bits per heavy atom. The highest BCUT2D eigenvalue weighted by molar-refractivity contribution is 5.91. The number of benzene rings is 2. The van der Waals surface area contributed by atoms with Crippen molar-refractivity contribution in [3.05, 3.63) is 94.0 Å². The van der Waals surface area contributed by atoms with Crippen LogP contribution < -0.4 is 10.9 Å². The summed E-state index contributed by atoms with van der Waals surface area (Å²) in [5, 5.41) is 12.0. The smallest absolute Gasteiger partial charge is 0.263 e. The fourth-order valence-electron chi connectivity index (χ4n) is 3.60. The molecule has 0 saturated heterocycles. The van der Waals surface area contributed by atoms with Crippen LogP contribution in [0.3, 0.4) is 0 Å². The van der Waals surface area contributed by atoms with Crippen LogP contribution in [0, 0.1) is 13.8 Å². The third-order valence-electron chi connectivity index (χ3n) is 5.21. The lowest BCUT2D eigenvalue weighted by Crippen LogP contribution is -2.20. The largest absolute Gasteiger partial charge is 0.310 e. The molecule has 3 heterocycles. The van der Waals surface area contributed by atoms with Gasteiger partial charge in [-0.25, -0.2) is 4.68 Å². The van der Waals surface area contributed by atoms with E-state index in [4.69, 9.17) is 0 Å². The maximum absolute atomic E-state index is 12.8. The minimum Gasteiger partial charge on any atom is -0.310 e. The highest BCUT2D eigenvalue weighted by atomic mass is 16.1. The van der Waals surface area contributed by atoms with E-state index in [1.54, 1.807) is 17.7 Å². The lowest BCUT2D eigenvalue weighted by molar-refractivity contribution is -0.115. The van der Waals surface area contributed by atoms with Gasteiger partial charge in [-0.05, 0) is 31.5 Å². The molecule has 0 spiro atoms. The molecule has 0 bridgehead atoms. The Morgan fingerprint density at radius 1 is 1.03 bits per heavy atom. The van der Waals surface area contributed by atoms with E-state index < -0.39 is 0 Å². The first kappa shape index (κ1) is 20.4. The van der Waals surface area contributed by atoms with Crippen LogP contribution in [0.5, 0.6) is 0 Å². The standard InChI is InChI=1S/C24H21N7O2/c1-15-8-10-18(11-9-15)30-22-19(14-25-30)23(33)28-24(27-22)31-20(12-16(2)29-31)26-21(32)13-17-6-4-3-5-7-17/h3-12,14H,13H2,1-2H3,(H,26,32)(H,27,28,33). The predicted molar refractivity (Wildman–Crippen MR) is 125 cm³/mol. The Balaban J connectivity index is 1.53. The molecule has 2 N–H and O–H groups in total. The van der Waals surface area contributed by atoms with Crippen LogP contribution in [0.15, 0.2) is 71.7 Å². The fourth-order valence-corrected chi connectivity index (χ4v) is 3.60. The molecule has 0 saturated carbocycles. The van der Waals surface area contributed by atoms with Crippen molar-refractivity contribution in [2.24, 2.45) is 0 Å². The van der Waals surface area contributed by atoms with Gasteiger partial charge >= 0.3 is 0 Å². The summed E-state index contributed by atoms with van der Waals surface area (Å²) in [4.78, 5) is 32.8. The number of nitrogens with zero attached hydrogens (tertiary/aromatic N) is 5. The predicted octanol–water partition coefficient (Wildman–Crippen LogP) is 3.09. The number of aryl methyl sites for hydroxylation is 2. The first-order valence-electron chi connectivity index (χ1n) is 10.4. The van der Waals surface area contributed by atoms with E-state index in [0.29, 0.717) is 22.5 Å². The molecule has 5 rings (SSSR count). The summed E-state index contributed by atoms with van der Waals surface area (Å²) in [5.41, 5.74) is 3.51. The van der Waals surface area contributed by atoms with Crippen molar-refractivity contribution in [3.63, 3.8) is 0 Å². The number of hydrogen-bond donors (Lipinski definition) is 2. The van der Waals surface area contributed by atoms with Crippen LogP contribution in [0.2, 0.25) is 0 Å². The molecule has 0 fully saturated rings. The Hall–Kier alpha value is -4.53. The van der Waals surface area contributed by atoms with Crippen molar-refractivity contribution in [1.82, 2.24) is 29.5 Å². The number of nitrogens with one attached hydrogen (secondary N) is 2. The second kappa shape index (κ2) is 8.19. The summed E-state index contributed by atoms with van der Waals surface area (Å²) < 4.78 is 3.03. The maximum atomic E-state index is 12.8. The van der Waals surface area contributed by atoms with E-state index in [-0.39, 0.29) is 23.8 Å². The number of carbonyl (C=O) groups excluding carboxylic acids is 1. The molecule has 9 heteroatoms. The molecule has 0 unspecified atom stereocenters. The second-order valence-corrected chi connectivity index (χ2v) is 7.81. The van der Waals surface area contributed by atoms with Gasteiger partial charge in [-0.1, -0.05) is 48.0 Å². The van der Waals surface area contributed by atoms with Gasteiger partial charge in [0.05, 0.1) is 24.0 Å². The van der Waals surface area contributed by atoms with Crippen molar-refractivity contribution in [3.8, 4) is 11.6 Å². The summed E-state index contributed by atoms with van der Waals surface area (Å²) in [6.07, 6.45) is 1.70. The molecular weight excluding hydrogens is 418 g/mol. The molecule has 5 aromatic rings. The molecule has 1 amide bonds. The van der Waals surface area contributed by atoms with Gasteiger partial charge in [0.1, 0.15) is 11.2 Å². The lowest BCUT2D eigenvalue weighted by atomic mass is 10.1. The first-order valence-corrected chi connectivity index (χ1v) is 10.4. The van der Waals surface area contributed by atoms with Gasteiger partial charge in [0.25, 0.3) is 5.56 Å². The molecule has 0 atom stereocenters. The summed E-state index contributed by atoms with van der Waals surface area (Å²) in [6, 6.07) is 18.9. The third kappa shape index (κ3) is 4.03. The Labute approximate surface area is 188 Å². The van der Waals surface area contributed by atoms with E-state index in [1.165, 1.54) is 10.9 Å². The zero-order valence-corrected chi connectivity index (χ0v) is 18.1. The first-order chi connectivity index (χ1) is 16.0. The number of fused-ring (bicyclic) bond motifs is 1. The summed E-state index contributed by atoms with van der Waals surface area (Å²) >= 11 is 0. The van der Waals surface area contributed by atoms with E-state index >= 15 is 0 Å². The van der Waals surface area contributed by atoms with Crippen LogP contribution in [0.1, 0.15) is 16.8 Å². The lowest BCUT2D eigenvalue weighted by Gasteiger charge is -2.09. The second-order valence-electron chi connectivity index (χ2n) is 7.81. The van der Waals surface area contributed by atoms with Gasteiger partial charge < -0.3 is 5.32 Å². The Kier molecular flexibility index (Phi) is 5.06. The zero-order valence-electron chi connectivity index (χ0n) is 18.1. The number of aromatic nitrogens is 6. The number of H-pyrrole nitrogens is 1. The van der Waals surface area contributed by atoms with E-state index in [9.17, 15) is 9.59 Å². The Bertz CT molecular complexity index is 1510. The average Bonchev–Trinajstić information content (AvgIpc) is 3.38. The molecule has 164 valence electrons. The van der Waals surface area contributed by atoms with Crippen LogP contribution in [0.4, 0.5) is 5.82 Å². The number of hydrogen-bond acceptors (Lipinski definition) is 5. The molecule has 0 aliphatic rings. The number of amides is 1. The zero-order chi connectivity index (χ0) is 22.9. The topological polar surface area (TPSA) is 110 Å². The van der Waals surface area contributed by atoms with Crippen molar-refractivity contribution in [1.29, 1.82) is 0 Å². The minimum absolute atomic E-state index is 0.185. The third-order valence-corrected chi connectivity index (χ3v) is 5.21. The van der Waals surface area contributed by atoms with Crippen LogP contribution in [-0.2, 0) is 11.2 Å². The molecule has 33 heavy (non-hydrogen) atoms. The van der Waals surface area contributed by atoms with Crippen LogP contribution in [0.25, 0.3) is 22.7 Å². The SMILES string of the molecule is Cc1ccc(-n2ncc3c(=O)[nH]c(-n4nc(C)cc4NC(=O)Cc4ccccc4)nc32)cc1. The summed E-state index contributed by atoms with van der Waals surface area (Å²) in [5.74, 6) is 0.400. The molecule has 0 radical (unpaired) electrons. The number of carbonyl (C=O) groups is 1. The van der Waals surface area contributed by atoms with Gasteiger partial charge in [-0.2, -0.15) is 19.9 Å². The molecule has 9 nitrogen and oxygen atoms in total. The minimum atomic E-state index is -0.344. The normalized spacial score (nSPS) is 11.1. The monoisotopic (exact) mass is 439 g/mol. The van der Waals surface area contributed by atoms with Gasteiger partial charge in [-0.15, -0.1) is 0 Å². The van der Waals surface area contributed by atoms with E-state index in [1.807, 2.05) is 61.5 Å². The molecule has 0 aliphatic heterocycles. The number of anilines is 1.